The van der Waals surface area contributed by atoms with Gasteiger partial charge in [0.2, 0.25) is 5.52 Å². The molecule has 1 aliphatic rings. The minimum absolute atomic E-state index is 0.0116. The van der Waals surface area contributed by atoms with Crippen molar-refractivity contribution in [1.82, 2.24) is 19.9 Å². The summed E-state index contributed by atoms with van der Waals surface area (Å²) in [7, 11) is 0. The average Bonchev–Trinajstić information content (AvgIpc) is 3.02. The number of aromatic nitrogens is 4. The lowest BCUT2D eigenvalue weighted by Gasteiger charge is -2.24. The number of ether oxygens (including phenoxy) is 1. The summed E-state index contributed by atoms with van der Waals surface area (Å²) in [4.78, 5) is 40.3. The minimum Gasteiger partial charge on any atom is -0.490 e. The predicted molar refractivity (Wildman–Crippen MR) is 169 cm³/mol. The fourth-order valence-electron chi connectivity index (χ4n) is 5.47. The van der Waals surface area contributed by atoms with E-state index in [0.29, 0.717) is 37.5 Å². The molecule has 0 unspecified atom stereocenters. The molecule has 1 aromatic carbocycles. The number of nitrogens with one attached hydrogen (secondary N) is 3. The molecule has 0 aliphatic carbocycles. The van der Waals surface area contributed by atoms with Crippen molar-refractivity contribution in [3.63, 3.8) is 0 Å². The number of unbranched alkanes of at least 4 members (excludes halogenated alkanes) is 1. The number of hydrogen-bond acceptors (Lipinski definition) is 8. The van der Waals surface area contributed by atoms with Gasteiger partial charge < -0.3 is 15.0 Å². The molecular weight excluding hydrogens is 542 g/mol. The van der Waals surface area contributed by atoms with Crippen LogP contribution in [0, 0.1) is 11.8 Å². The summed E-state index contributed by atoms with van der Waals surface area (Å²) in [5, 5.41) is 6.61. The number of rotatable bonds is 15. The molecule has 43 heavy (non-hydrogen) atoms. The zero-order valence-corrected chi connectivity index (χ0v) is 25.1. The van der Waals surface area contributed by atoms with Crippen LogP contribution in [0.25, 0.3) is 11.0 Å². The van der Waals surface area contributed by atoms with Gasteiger partial charge in [-0.2, -0.15) is 0 Å². The van der Waals surface area contributed by atoms with Crippen molar-refractivity contribution in [2.45, 2.75) is 58.4 Å². The molecule has 4 heterocycles. The maximum atomic E-state index is 13.0. The Morgan fingerprint density at radius 3 is 2.86 bits per heavy atom. The van der Waals surface area contributed by atoms with Crippen LogP contribution in [0.3, 0.4) is 0 Å². The third-order valence-corrected chi connectivity index (χ3v) is 7.99. The smallest absolute Gasteiger partial charge is 0.336 e. The Balaban J connectivity index is 1.19. The Bertz CT molecular complexity index is 1590. The van der Waals surface area contributed by atoms with E-state index in [-0.39, 0.29) is 5.78 Å². The van der Waals surface area contributed by atoms with Crippen molar-refractivity contribution < 1.29 is 14.0 Å². The lowest BCUT2D eigenvalue weighted by atomic mass is 10.1. The number of ketones is 1. The molecule has 1 aliphatic heterocycles. The molecule has 0 radical (unpaired) electrons. The third-order valence-electron chi connectivity index (χ3n) is 7.99. The van der Waals surface area contributed by atoms with E-state index in [2.05, 4.69) is 37.6 Å². The number of aromatic amines is 1. The molecule has 5 rings (SSSR count). The molecule has 226 valence electrons. The number of carbonyl (C=O) groups excluding carboxylic acids is 1. The highest BCUT2D eigenvalue weighted by atomic mass is 16.5. The van der Waals surface area contributed by atoms with Crippen LogP contribution < -0.4 is 19.8 Å². The molecule has 1 atom stereocenters. The number of carbonyl (C=O) groups is 1. The molecule has 10 heteroatoms. The van der Waals surface area contributed by atoms with Crippen molar-refractivity contribution in [2.24, 2.45) is 0 Å². The Kier molecular flexibility index (Phi) is 10.3. The minimum atomic E-state index is -0.494. The number of aryl methyl sites for hydroxylation is 3. The van der Waals surface area contributed by atoms with Gasteiger partial charge >= 0.3 is 5.82 Å². The first-order valence-electron chi connectivity index (χ1n) is 15.3. The summed E-state index contributed by atoms with van der Waals surface area (Å²) in [5.74, 6) is 2.14. The van der Waals surface area contributed by atoms with Crippen molar-refractivity contribution in [3.05, 3.63) is 82.8 Å². The standard InChI is InChI=1S/C33H42N7O3/c1-24-31(13-8-17-34-24)43-22-21-39(19-6-5-10-27-15-14-26-9-7-18-35-33(26)37-27)20-16-28(25(2)41)38-32-23-36-29-11-3-4-12-30(29)40(32)42/h3-4,8,11-15,17,23,28,38H,5-7,9-10,16,18-22H2,1-2H3,(H,35,37)(H,36,42)/q+1/t28-/m0/s1. The molecule has 0 spiro atoms. The number of Topliss-reactive ketones (excluding diaryl/α,β-unsaturated/α-hetero) is 1. The van der Waals surface area contributed by atoms with E-state index in [9.17, 15) is 9.70 Å². The Morgan fingerprint density at radius 1 is 1.12 bits per heavy atom. The van der Waals surface area contributed by atoms with Gasteiger partial charge in [0.05, 0.1) is 17.4 Å². The first kappa shape index (κ1) is 30.2. The molecule has 4 aromatic rings. The molecule has 0 bridgehead atoms. The van der Waals surface area contributed by atoms with Crippen LogP contribution in [0.15, 0.2) is 60.9 Å². The maximum absolute atomic E-state index is 13.0. The summed E-state index contributed by atoms with van der Waals surface area (Å²) in [6.07, 6.45) is 9.13. The fourth-order valence-corrected chi connectivity index (χ4v) is 5.47. The number of anilines is 2. The van der Waals surface area contributed by atoms with Gasteiger partial charge in [0.15, 0.2) is 11.8 Å². The highest BCUT2D eigenvalue weighted by Gasteiger charge is 2.23. The second-order valence-corrected chi connectivity index (χ2v) is 11.2. The quantitative estimate of drug-likeness (QED) is 0.136. The van der Waals surface area contributed by atoms with Crippen molar-refractivity contribution >= 4 is 28.5 Å². The number of nitrogens with zero attached hydrogens (tertiary/aromatic N) is 4. The number of H-pyrrole nitrogens is 1. The first-order chi connectivity index (χ1) is 21.0. The number of fused-ring (bicyclic) bond motifs is 2. The van der Waals surface area contributed by atoms with E-state index in [1.807, 2.05) is 37.3 Å². The van der Waals surface area contributed by atoms with E-state index in [1.165, 1.54) is 5.56 Å². The molecule has 0 saturated heterocycles. The summed E-state index contributed by atoms with van der Waals surface area (Å²) < 4.78 is 6.89. The monoisotopic (exact) mass is 584 g/mol. The molecule has 3 N–H and O–H groups in total. The van der Waals surface area contributed by atoms with Gasteiger partial charge in [0.1, 0.15) is 18.2 Å². The zero-order valence-electron chi connectivity index (χ0n) is 25.1. The van der Waals surface area contributed by atoms with Crippen molar-refractivity contribution in [3.8, 4) is 5.75 Å². The van der Waals surface area contributed by atoms with Gasteiger partial charge in [-0.25, -0.2) is 4.98 Å². The van der Waals surface area contributed by atoms with Crippen LogP contribution >= 0.6 is 0 Å². The van der Waals surface area contributed by atoms with Crippen LogP contribution in [0.1, 0.15) is 49.6 Å². The summed E-state index contributed by atoms with van der Waals surface area (Å²) in [6, 6.07) is 15.0. The van der Waals surface area contributed by atoms with E-state index in [4.69, 9.17) is 9.72 Å². The Labute approximate surface area is 252 Å². The number of pyridine rings is 2. The lowest BCUT2D eigenvalue weighted by Crippen LogP contribution is -2.38. The first-order valence-corrected chi connectivity index (χ1v) is 15.3. The SMILES string of the molecule is CC(=O)[C@H](CCN(CCCCc1ccc2c(n1)NCCC2)CCOc1cccnc1C)Nc1c[nH]c2ccccc2[n+]1=O. The van der Waals surface area contributed by atoms with Gasteiger partial charge in [-0.05, 0) is 88.4 Å². The van der Waals surface area contributed by atoms with E-state index >= 15 is 0 Å². The largest absolute Gasteiger partial charge is 0.490 e. The van der Waals surface area contributed by atoms with Crippen LogP contribution in [-0.2, 0) is 17.6 Å². The van der Waals surface area contributed by atoms with E-state index in [1.54, 1.807) is 25.4 Å². The van der Waals surface area contributed by atoms with E-state index < -0.39 is 6.04 Å². The highest BCUT2D eigenvalue weighted by Crippen LogP contribution is 2.20. The predicted octanol–water partition coefficient (Wildman–Crippen LogP) is 4.70. The summed E-state index contributed by atoms with van der Waals surface area (Å²) in [6.45, 7) is 7.28. The number of benzene rings is 1. The van der Waals surface area contributed by atoms with Crippen molar-refractivity contribution in [1.29, 1.82) is 0 Å². The third kappa shape index (κ3) is 8.16. The van der Waals surface area contributed by atoms with Gasteiger partial charge in [-0.15, -0.1) is 0 Å². The average molecular weight is 585 g/mol. The van der Waals surface area contributed by atoms with Gasteiger partial charge in [0.25, 0.3) is 0 Å². The molecule has 3 aromatic heterocycles. The van der Waals surface area contributed by atoms with Crippen LogP contribution in [0.5, 0.6) is 5.75 Å². The molecule has 0 saturated carbocycles. The number of para-hydroxylation sites is 2. The van der Waals surface area contributed by atoms with Gasteiger partial charge in [-0.1, -0.05) is 23.1 Å². The van der Waals surface area contributed by atoms with Gasteiger partial charge in [0, 0.05) is 42.4 Å². The molecule has 10 nitrogen and oxygen atoms in total. The Morgan fingerprint density at radius 2 is 2.00 bits per heavy atom. The summed E-state index contributed by atoms with van der Waals surface area (Å²) >= 11 is 0. The zero-order chi connectivity index (χ0) is 30.0. The highest BCUT2D eigenvalue weighted by molar-refractivity contribution is 5.84. The topological polar surface area (TPSA) is 118 Å². The molecule has 0 fully saturated rings. The second kappa shape index (κ2) is 14.7. The van der Waals surface area contributed by atoms with Crippen LogP contribution in [0.2, 0.25) is 0 Å². The molecule has 0 amide bonds. The van der Waals surface area contributed by atoms with E-state index in [0.717, 1.165) is 78.1 Å². The van der Waals surface area contributed by atoms with Crippen molar-refractivity contribution in [2.75, 3.05) is 43.4 Å². The number of hydrogen-bond donors (Lipinski definition) is 3. The lowest BCUT2D eigenvalue weighted by molar-refractivity contribution is -0.448. The molecular formula is C33H42N7O3+. The fraction of sp³-hybridized carbons (Fsp3) is 0.424. The van der Waals surface area contributed by atoms with Gasteiger partial charge in [-0.3, -0.25) is 20.0 Å². The Hall–Kier alpha value is -4.31. The van der Waals surface area contributed by atoms with Crippen LogP contribution in [0.4, 0.5) is 11.6 Å². The second-order valence-electron chi connectivity index (χ2n) is 11.2. The summed E-state index contributed by atoms with van der Waals surface area (Å²) in [5.41, 5.74) is 4.54. The normalized spacial score (nSPS) is 13.4. The van der Waals surface area contributed by atoms with Crippen LogP contribution in [-0.4, -0.2) is 64.5 Å². The maximum Gasteiger partial charge on any atom is 0.336 e.